The van der Waals surface area contributed by atoms with Gasteiger partial charge in [-0.05, 0) is 28.8 Å². The zero-order chi connectivity index (χ0) is 15.7. The Morgan fingerprint density at radius 1 is 1.36 bits per heavy atom. The van der Waals surface area contributed by atoms with Crippen LogP contribution in [0.2, 0.25) is 0 Å². The molecule has 8 heteroatoms. The molecule has 3 rings (SSSR count). The largest absolute Gasteiger partial charge is 0.367 e. The molecule has 1 N–H and O–H groups in total. The third kappa shape index (κ3) is 3.49. The highest BCUT2D eigenvalue weighted by molar-refractivity contribution is 9.10. The van der Waals surface area contributed by atoms with Crippen LogP contribution < -0.4 is 15.8 Å². The number of rotatable bonds is 4. The predicted octanol–water partition coefficient (Wildman–Crippen LogP) is -0.0566. The van der Waals surface area contributed by atoms with Gasteiger partial charge in [0, 0.05) is 39.3 Å². The highest BCUT2D eigenvalue weighted by Gasteiger charge is 2.26. The fraction of sp³-hybridized carbons (Fsp3) is 0.643. The van der Waals surface area contributed by atoms with Crippen LogP contribution >= 0.6 is 15.9 Å². The van der Waals surface area contributed by atoms with Crippen LogP contribution in [0.5, 0.6) is 0 Å². The molecule has 2 fully saturated rings. The second-order valence-corrected chi connectivity index (χ2v) is 6.67. The minimum Gasteiger partial charge on any atom is -0.367 e. The summed E-state index contributed by atoms with van der Waals surface area (Å²) < 4.78 is 1.86. The standard InChI is InChI=1S/C14H20BrN5O2/c1-18-14(22)13(15)11(8-16-18)20-6-4-19(5-7-20)9-12(21)17-10-2-3-10/h8,10H,2-7,9H2,1H3,(H,17,21). The lowest BCUT2D eigenvalue weighted by molar-refractivity contribution is -0.122. The fourth-order valence-electron chi connectivity index (χ4n) is 2.57. The van der Waals surface area contributed by atoms with Gasteiger partial charge in [0.15, 0.2) is 0 Å². The van der Waals surface area contributed by atoms with E-state index in [-0.39, 0.29) is 11.5 Å². The number of aryl methyl sites for hydroxylation is 1. The van der Waals surface area contributed by atoms with Gasteiger partial charge in [-0.2, -0.15) is 5.10 Å². The zero-order valence-corrected chi connectivity index (χ0v) is 14.2. The summed E-state index contributed by atoms with van der Waals surface area (Å²) in [6.45, 7) is 3.63. The van der Waals surface area contributed by atoms with Gasteiger partial charge >= 0.3 is 0 Å². The summed E-state index contributed by atoms with van der Waals surface area (Å²) in [5.74, 6) is 0.118. The summed E-state index contributed by atoms with van der Waals surface area (Å²) in [5.41, 5.74) is 0.689. The van der Waals surface area contributed by atoms with Crippen molar-refractivity contribution in [1.82, 2.24) is 20.0 Å². The Kier molecular flexibility index (Phi) is 4.49. The third-order valence-corrected chi connectivity index (χ3v) is 4.83. The van der Waals surface area contributed by atoms with E-state index in [1.807, 2.05) is 0 Å². The van der Waals surface area contributed by atoms with E-state index in [2.05, 4.69) is 36.1 Å². The molecular weight excluding hydrogens is 350 g/mol. The molecule has 0 radical (unpaired) electrons. The summed E-state index contributed by atoms with van der Waals surface area (Å²) in [4.78, 5) is 28.0. The van der Waals surface area contributed by atoms with E-state index in [9.17, 15) is 9.59 Å². The Balaban J connectivity index is 1.56. The fourth-order valence-corrected chi connectivity index (χ4v) is 3.18. The van der Waals surface area contributed by atoms with Crippen molar-refractivity contribution in [3.8, 4) is 0 Å². The van der Waals surface area contributed by atoms with Crippen molar-refractivity contribution in [2.75, 3.05) is 37.6 Å². The van der Waals surface area contributed by atoms with E-state index in [4.69, 9.17) is 0 Å². The summed E-state index contributed by atoms with van der Waals surface area (Å²) in [6, 6.07) is 0.413. The van der Waals surface area contributed by atoms with Gasteiger partial charge in [-0.25, -0.2) is 4.68 Å². The number of amides is 1. The van der Waals surface area contributed by atoms with Crippen molar-refractivity contribution >= 4 is 27.5 Å². The van der Waals surface area contributed by atoms with Crippen LogP contribution in [-0.4, -0.2) is 59.4 Å². The lowest BCUT2D eigenvalue weighted by atomic mass is 10.3. The van der Waals surface area contributed by atoms with Crippen LogP contribution in [0.1, 0.15) is 12.8 Å². The van der Waals surface area contributed by atoms with Crippen molar-refractivity contribution in [3.63, 3.8) is 0 Å². The zero-order valence-electron chi connectivity index (χ0n) is 12.6. The Morgan fingerprint density at radius 2 is 2.05 bits per heavy atom. The van der Waals surface area contributed by atoms with Crippen molar-refractivity contribution in [2.45, 2.75) is 18.9 Å². The van der Waals surface area contributed by atoms with Crippen molar-refractivity contribution in [3.05, 3.63) is 21.0 Å². The molecule has 2 aliphatic rings. The van der Waals surface area contributed by atoms with Gasteiger partial charge in [0.2, 0.25) is 5.91 Å². The van der Waals surface area contributed by atoms with Gasteiger partial charge in [0.05, 0.1) is 18.4 Å². The van der Waals surface area contributed by atoms with E-state index < -0.39 is 0 Å². The Morgan fingerprint density at radius 3 is 2.68 bits per heavy atom. The molecule has 1 saturated heterocycles. The molecule has 1 aromatic rings. The number of carbonyl (C=O) groups is 1. The van der Waals surface area contributed by atoms with E-state index in [1.54, 1.807) is 13.2 Å². The van der Waals surface area contributed by atoms with E-state index in [0.717, 1.165) is 44.7 Å². The van der Waals surface area contributed by atoms with Crippen LogP contribution in [0.4, 0.5) is 5.69 Å². The molecule has 0 aromatic carbocycles. The molecule has 22 heavy (non-hydrogen) atoms. The summed E-state index contributed by atoms with van der Waals surface area (Å²) in [5, 5.41) is 7.09. The van der Waals surface area contributed by atoms with E-state index >= 15 is 0 Å². The summed E-state index contributed by atoms with van der Waals surface area (Å²) >= 11 is 3.36. The maximum absolute atomic E-state index is 11.9. The van der Waals surface area contributed by atoms with Crippen molar-refractivity contribution in [1.29, 1.82) is 0 Å². The smallest absolute Gasteiger partial charge is 0.282 e. The van der Waals surface area contributed by atoms with Crippen LogP contribution in [0.25, 0.3) is 0 Å². The number of hydrogen-bond acceptors (Lipinski definition) is 5. The molecule has 1 aliphatic heterocycles. The quantitative estimate of drug-likeness (QED) is 0.805. The van der Waals surface area contributed by atoms with E-state index in [0.29, 0.717) is 17.1 Å². The normalized spacial score (nSPS) is 19.3. The predicted molar refractivity (Wildman–Crippen MR) is 87.0 cm³/mol. The summed E-state index contributed by atoms with van der Waals surface area (Å²) in [7, 11) is 1.63. The molecule has 120 valence electrons. The minimum absolute atomic E-state index is 0.118. The minimum atomic E-state index is -0.135. The lowest BCUT2D eigenvalue weighted by Crippen LogP contribution is -2.50. The Labute approximate surface area is 137 Å². The molecule has 0 atom stereocenters. The number of aromatic nitrogens is 2. The summed E-state index contributed by atoms with van der Waals surface area (Å²) in [6.07, 6.45) is 3.94. The first-order chi connectivity index (χ1) is 10.5. The third-order valence-electron chi connectivity index (χ3n) is 4.08. The number of hydrogen-bond donors (Lipinski definition) is 1. The van der Waals surface area contributed by atoms with E-state index in [1.165, 1.54) is 4.68 Å². The highest BCUT2D eigenvalue weighted by Crippen LogP contribution is 2.22. The van der Waals surface area contributed by atoms with Crippen LogP contribution in [-0.2, 0) is 11.8 Å². The lowest BCUT2D eigenvalue weighted by Gasteiger charge is -2.35. The highest BCUT2D eigenvalue weighted by atomic mass is 79.9. The molecule has 1 saturated carbocycles. The Bertz CT molecular complexity index is 620. The van der Waals surface area contributed by atoms with Gasteiger partial charge < -0.3 is 10.2 Å². The molecule has 0 unspecified atom stereocenters. The molecule has 0 spiro atoms. The second kappa shape index (κ2) is 6.37. The first-order valence-electron chi connectivity index (χ1n) is 7.53. The van der Waals surface area contributed by atoms with Crippen molar-refractivity contribution < 1.29 is 4.79 Å². The number of carbonyl (C=O) groups excluding carboxylic acids is 1. The number of anilines is 1. The number of halogens is 1. The molecule has 1 aliphatic carbocycles. The van der Waals surface area contributed by atoms with Gasteiger partial charge in [0.1, 0.15) is 4.47 Å². The molecule has 1 amide bonds. The SMILES string of the molecule is Cn1ncc(N2CCN(CC(=O)NC3CC3)CC2)c(Br)c1=O. The topological polar surface area (TPSA) is 70.5 Å². The molecule has 2 heterocycles. The average molecular weight is 370 g/mol. The first-order valence-corrected chi connectivity index (χ1v) is 8.32. The van der Waals surface area contributed by atoms with Gasteiger partial charge in [-0.15, -0.1) is 0 Å². The second-order valence-electron chi connectivity index (χ2n) is 5.88. The molecule has 7 nitrogen and oxygen atoms in total. The van der Waals surface area contributed by atoms with Crippen molar-refractivity contribution in [2.24, 2.45) is 7.05 Å². The van der Waals surface area contributed by atoms with Gasteiger partial charge in [0.25, 0.3) is 5.56 Å². The van der Waals surface area contributed by atoms with Gasteiger partial charge in [-0.1, -0.05) is 0 Å². The molecule has 1 aromatic heterocycles. The van der Waals surface area contributed by atoms with Gasteiger partial charge in [-0.3, -0.25) is 14.5 Å². The molecule has 0 bridgehead atoms. The average Bonchev–Trinajstić information content (AvgIpc) is 3.30. The number of nitrogens with zero attached hydrogens (tertiary/aromatic N) is 4. The maximum atomic E-state index is 11.9. The number of nitrogens with one attached hydrogen (secondary N) is 1. The van der Waals surface area contributed by atoms with Crippen LogP contribution in [0, 0.1) is 0 Å². The van der Waals surface area contributed by atoms with Crippen LogP contribution in [0.3, 0.4) is 0 Å². The Hall–Kier alpha value is -1.41. The first kappa shape index (κ1) is 15.5. The molecular formula is C14H20BrN5O2. The monoisotopic (exact) mass is 369 g/mol. The van der Waals surface area contributed by atoms with Crippen LogP contribution in [0.15, 0.2) is 15.5 Å². The maximum Gasteiger partial charge on any atom is 0.282 e. The number of piperazine rings is 1.